The van der Waals surface area contributed by atoms with Crippen molar-refractivity contribution in [3.05, 3.63) is 28.8 Å². The number of benzene rings is 1. The van der Waals surface area contributed by atoms with Crippen LogP contribution in [0.3, 0.4) is 0 Å². The van der Waals surface area contributed by atoms with Gasteiger partial charge in [-0.05, 0) is 24.6 Å². The van der Waals surface area contributed by atoms with Gasteiger partial charge in [-0.1, -0.05) is 24.6 Å². The summed E-state index contributed by atoms with van der Waals surface area (Å²) in [5, 5.41) is 1.46. The molecule has 0 saturated carbocycles. The number of hydrogen-bond acceptors (Lipinski definition) is 2. The van der Waals surface area contributed by atoms with E-state index in [1.807, 2.05) is 17.8 Å². The molecular formula is C13H17Cl2NS. The minimum Gasteiger partial charge on any atom is -0.366 e. The lowest BCUT2D eigenvalue weighted by atomic mass is 10.1. The molecule has 0 radical (unpaired) electrons. The zero-order valence-electron chi connectivity index (χ0n) is 10.1. The van der Waals surface area contributed by atoms with E-state index in [2.05, 4.69) is 30.9 Å². The van der Waals surface area contributed by atoms with E-state index in [0.717, 1.165) is 22.8 Å². The molecule has 2 unspecified atom stereocenters. The molecule has 0 spiro atoms. The molecule has 1 aromatic carbocycles. The van der Waals surface area contributed by atoms with Crippen molar-refractivity contribution in [2.75, 3.05) is 17.2 Å². The van der Waals surface area contributed by atoms with Gasteiger partial charge in [0.15, 0.2) is 0 Å². The Morgan fingerprint density at radius 3 is 2.82 bits per heavy atom. The van der Waals surface area contributed by atoms with Gasteiger partial charge in [-0.15, -0.1) is 11.6 Å². The smallest absolute Gasteiger partial charge is 0.0642 e. The quantitative estimate of drug-likeness (QED) is 0.742. The number of nitrogens with zero attached hydrogens (tertiary/aromatic N) is 1. The van der Waals surface area contributed by atoms with E-state index < -0.39 is 0 Å². The van der Waals surface area contributed by atoms with Crippen LogP contribution in [0.4, 0.5) is 5.69 Å². The molecule has 17 heavy (non-hydrogen) atoms. The molecule has 0 bridgehead atoms. The lowest BCUT2D eigenvalue weighted by Crippen LogP contribution is -2.44. The van der Waals surface area contributed by atoms with E-state index in [0.29, 0.717) is 17.2 Å². The van der Waals surface area contributed by atoms with Gasteiger partial charge in [0.2, 0.25) is 0 Å². The highest BCUT2D eigenvalue weighted by Gasteiger charge is 2.26. The van der Waals surface area contributed by atoms with Crippen LogP contribution in [0, 0.1) is 0 Å². The minimum atomic E-state index is 0.516. The highest BCUT2D eigenvalue weighted by atomic mass is 35.5. The molecule has 1 saturated heterocycles. The maximum absolute atomic E-state index is 6.35. The summed E-state index contributed by atoms with van der Waals surface area (Å²) < 4.78 is 0. The normalized spacial score (nSPS) is 25.1. The predicted octanol–water partition coefficient (Wildman–Crippen LogP) is 4.41. The molecule has 0 aliphatic carbocycles. The molecule has 0 N–H and O–H groups in total. The van der Waals surface area contributed by atoms with Crippen LogP contribution in [0.25, 0.3) is 0 Å². The summed E-state index contributed by atoms with van der Waals surface area (Å²) in [7, 11) is 0. The highest BCUT2D eigenvalue weighted by molar-refractivity contribution is 8.00. The van der Waals surface area contributed by atoms with E-state index in [4.69, 9.17) is 23.2 Å². The van der Waals surface area contributed by atoms with Crippen molar-refractivity contribution >= 4 is 40.7 Å². The second kappa shape index (κ2) is 5.73. The average molecular weight is 290 g/mol. The Labute approximate surface area is 117 Å². The largest absolute Gasteiger partial charge is 0.366 e. The molecule has 2 rings (SSSR count). The number of alkyl halides is 1. The average Bonchev–Trinajstić information content (AvgIpc) is 2.33. The van der Waals surface area contributed by atoms with E-state index in [9.17, 15) is 0 Å². The Balaban J connectivity index is 2.27. The van der Waals surface area contributed by atoms with Crippen LogP contribution in [0.1, 0.15) is 19.4 Å². The summed E-state index contributed by atoms with van der Waals surface area (Å²) in [6.07, 6.45) is 0. The molecule has 1 nitrogen and oxygen atoms in total. The monoisotopic (exact) mass is 289 g/mol. The van der Waals surface area contributed by atoms with Gasteiger partial charge in [0, 0.05) is 29.5 Å². The molecule has 2 atom stereocenters. The topological polar surface area (TPSA) is 3.24 Å². The Bertz CT molecular complexity index is 397. The zero-order valence-corrected chi connectivity index (χ0v) is 12.4. The Hall–Kier alpha value is -0.0500. The maximum Gasteiger partial charge on any atom is 0.0642 e. The van der Waals surface area contributed by atoms with Crippen LogP contribution in [0.15, 0.2) is 18.2 Å². The molecule has 4 heteroatoms. The van der Waals surface area contributed by atoms with Gasteiger partial charge in [-0.25, -0.2) is 0 Å². The second-order valence-corrected chi connectivity index (χ2v) is 6.59. The van der Waals surface area contributed by atoms with Gasteiger partial charge in [-0.2, -0.15) is 11.8 Å². The molecule has 94 valence electrons. The third-order valence-electron chi connectivity index (χ3n) is 3.36. The summed E-state index contributed by atoms with van der Waals surface area (Å²) >= 11 is 14.2. The fourth-order valence-corrected chi connectivity index (χ4v) is 3.72. The van der Waals surface area contributed by atoms with E-state index >= 15 is 0 Å². The molecular weight excluding hydrogens is 273 g/mol. The van der Waals surface area contributed by atoms with Gasteiger partial charge in [0.1, 0.15) is 0 Å². The van der Waals surface area contributed by atoms with Crippen molar-refractivity contribution in [3.8, 4) is 0 Å². The van der Waals surface area contributed by atoms with Gasteiger partial charge < -0.3 is 4.90 Å². The number of thioether (sulfide) groups is 1. The van der Waals surface area contributed by atoms with Crippen LogP contribution >= 0.6 is 35.0 Å². The fourth-order valence-electron chi connectivity index (χ4n) is 2.14. The Morgan fingerprint density at radius 2 is 2.18 bits per heavy atom. The highest BCUT2D eigenvalue weighted by Crippen LogP contribution is 2.34. The van der Waals surface area contributed by atoms with Crippen molar-refractivity contribution in [1.29, 1.82) is 0 Å². The standard InChI is InChI=1S/C13H17Cl2NS/c1-9-10(2)17-6-5-16(9)13-4-3-11(8-14)7-12(13)15/h3-4,7,9-10H,5-6,8H2,1-2H3. The van der Waals surface area contributed by atoms with Crippen LogP contribution < -0.4 is 4.90 Å². The summed E-state index contributed by atoms with van der Waals surface area (Å²) in [6.45, 7) is 5.61. The van der Waals surface area contributed by atoms with Gasteiger partial charge in [0.05, 0.1) is 10.7 Å². The first-order valence-electron chi connectivity index (χ1n) is 5.86. The first-order chi connectivity index (χ1) is 8.13. The first kappa shape index (κ1) is 13.4. The first-order valence-corrected chi connectivity index (χ1v) is 7.82. The van der Waals surface area contributed by atoms with Crippen LogP contribution in [-0.2, 0) is 5.88 Å². The third-order valence-corrected chi connectivity index (χ3v) is 5.31. The lowest BCUT2D eigenvalue weighted by molar-refractivity contribution is 0.627. The molecule has 1 aromatic rings. The molecule has 0 aromatic heterocycles. The maximum atomic E-state index is 6.35. The van der Waals surface area contributed by atoms with Crippen LogP contribution in [0.2, 0.25) is 5.02 Å². The third kappa shape index (κ3) is 2.86. The van der Waals surface area contributed by atoms with Gasteiger partial charge >= 0.3 is 0 Å². The summed E-state index contributed by atoms with van der Waals surface area (Å²) in [5.74, 6) is 1.68. The summed E-state index contributed by atoms with van der Waals surface area (Å²) in [6, 6.07) is 6.66. The van der Waals surface area contributed by atoms with Crippen molar-refractivity contribution in [1.82, 2.24) is 0 Å². The number of rotatable bonds is 2. The van der Waals surface area contributed by atoms with Gasteiger partial charge in [0.25, 0.3) is 0 Å². The fraction of sp³-hybridized carbons (Fsp3) is 0.538. The van der Waals surface area contributed by atoms with Crippen molar-refractivity contribution < 1.29 is 0 Å². The Morgan fingerprint density at radius 1 is 1.41 bits per heavy atom. The molecule has 1 fully saturated rings. The lowest BCUT2D eigenvalue weighted by Gasteiger charge is -2.39. The van der Waals surface area contributed by atoms with Crippen LogP contribution in [0.5, 0.6) is 0 Å². The molecule has 1 aliphatic heterocycles. The number of anilines is 1. The van der Waals surface area contributed by atoms with Crippen LogP contribution in [-0.4, -0.2) is 23.6 Å². The molecule has 0 amide bonds. The Kier molecular flexibility index (Phi) is 4.51. The predicted molar refractivity (Wildman–Crippen MR) is 79.7 cm³/mol. The summed E-state index contributed by atoms with van der Waals surface area (Å²) in [4.78, 5) is 2.40. The summed E-state index contributed by atoms with van der Waals surface area (Å²) in [5.41, 5.74) is 2.22. The SMILES string of the molecule is CC1SCCN(c2ccc(CCl)cc2Cl)C1C. The minimum absolute atomic E-state index is 0.516. The van der Waals surface area contributed by atoms with E-state index in [-0.39, 0.29) is 0 Å². The van der Waals surface area contributed by atoms with Crippen molar-refractivity contribution in [3.63, 3.8) is 0 Å². The van der Waals surface area contributed by atoms with Crippen molar-refractivity contribution in [2.24, 2.45) is 0 Å². The number of halogens is 2. The van der Waals surface area contributed by atoms with E-state index in [1.54, 1.807) is 0 Å². The van der Waals surface area contributed by atoms with Crippen molar-refractivity contribution in [2.45, 2.75) is 31.0 Å². The molecule has 1 heterocycles. The number of hydrogen-bond donors (Lipinski definition) is 0. The second-order valence-electron chi connectivity index (χ2n) is 4.43. The molecule has 1 aliphatic rings. The zero-order chi connectivity index (χ0) is 12.4. The van der Waals surface area contributed by atoms with Gasteiger partial charge in [-0.3, -0.25) is 0 Å². The van der Waals surface area contributed by atoms with E-state index in [1.165, 1.54) is 5.75 Å².